The molecular weight excluding hydrogens is 367 g/mol. The van der Waals surface area contributed by atoms with Crippen LogP contribution in [0.25, 0.3) is 0 Å². The lowest BCUT2D eigenvalue weighted by atomic mass is 10.1. The van der Waals surface area contributed by atoms with E-state index < -0.39 is 11.7 Å². The summed E-state index contributed by atoms with van der Waals surface area (Å²) in [7, 11) is 6.00. The molecule has 2 amide bonds. The molecule has 0 aromatic heterocycles. The molecule has 0 atom stereocenters. The number of nitrogens with one attached hydrogen (secondary N) is 1. The van der Waals surface area contributed by atoms with Crippen LogP contribution in [0.1, 0.15) is 5.56 Å². The van der Waals surface area contributed by atoms with Gasteiger partial charge >= 0.3 is 0 Å². The molecule has 2 aromatic rings. The topological polar surface area (TPSA) is 77.1 Å². The summed E-state index contributed by atoms with van der Waals surface area (Å²) in [5.41, 5.74) is 0.979. The molecule has 0 spiro atoms. The molecule has 0 aliphatic rings. The molecule has 0 radical (unpaired) electrons. The molecule has 0 saturated carbocycles. The van der Waals surface area contributed by atoms with Crippen LogP contribution in [0.4, 0.5) is 10.1 Å². The van der Waals surface area contributed by atoms with Crippen molar-refractivity contribution in [3.63, 3.8) is 0 Å². The number of ether oxygens (including phenoxy) is 3. The minimum absolute atomic E-state index is 0.0421. The highest BCUT2D eigenvalue weighted by molar-refractivity contribution is 5.94. The van der Waals surface area contributed by atoms with Crippen molar-refractivity contribution in [2.75, 3.05) is 40.2 Å². The lowest BCUT2D eigenvalue weighted by molar-refractivity contribution is -0.132. The van der Waals surface area contributed by atoms with E-state index in [9.17, 15) is 14.0 Å². The molecule has 8 heteroatoms. The third kappa shape index (κ3) is 5.35. The molecule has 2 rings (SSSR count). The summed E-state index contributed by atoms with van der Waals surface area (Å²) in [5.74, 6) is 0.163. The first-order chi connectivity index (χ1) is 13.4. The van der Waals surface area contributed by atoms with Gasteiger partial charge in [-0.1, -0.05) is 6.07 Å². The van der Waals surface area contributed by atoms with Crippen molar-refractivity contribution in [1.29, 1.82) is 0 Å². The van der Waals surface area contributed by atoms with Crippen LogP contribution in [-0.4, -0.2) is 51.6 Å². The SMILES string of the molecule is COc1cc(CC(=O)N(C)CC(=O)Nc2cccc(F)c2)cc(OC)c1OC. The molecule has 0 aliphatic heterocycles. The highest BCUT2D eigenvalue weighted by Gasteiger charge is 2.18. The van der Waals surface area contributed by atoms with E-state index in [2.05, 4.69) is 5.32 Å². The summed E-state index contributed by atoms with van der Waals surface area (Å²) in [6.07, 6.45) is 0.0421. The first kappa shape index (κ1) is 21.0. The van der Waals surface area contributed by atoms with Crippen molar-refractivity contribution in [3.8, 4) is 17.2 Å². The summed E-state index contributed by atoms with van der Waals surface area (Å²) in [5, 5.41) is 2.55. The maximum Gasteiger partial charge on any atom is 0.243 e. The Morgan fingerprint density at radius 1 is 1.04 bits per heavy atom. The number of likely N-dealkylation sites (N-methyl/N-ethyl adjacent to an activating group) is 1. The third-order valence-electron chi connectivity index (χ3n) is 3.99. The van der Waals surface area contributed by atoms with Crippen molar-refractivity contribution >= 4 is 17.5 Å². The van der Waals surface area contributed by atoms with E-state index in [1.165, 1.54) is 51.5 Å². The summed E-state index contributed by atoms with van der Waals surface area (Å²) in [6.45, 7) is -0.167. The third-order valence-corrected chi connectivity index (χ3v) is 3.99. The first-order valence-corrected chi connectivity index (χ1v) is 8.46. The number of hydrogen-bond acceptors (Lipinski definition) is 5. The van der Waals surface area contributed by atoms with Crippen molar-refractivity contribution in [2.24, 2.45) is 0 Å². The molecule has 7 nitrogen and oxygen atoms in total. The van der Waals surface area contributed by atoms with Crippen molar-refractivity contribution < 1.29 is 28.2 Å². The quantitative estimate of drug-likeness (QED) is 0.749. The van der Waals surface area contributed by atoms with E-state index in [4.69, 9.17) is 14.2 Å². The molecule has 150 valence electrons. The zero-order valence-corrected chi connectivity index (χ0v) is 16.2. The molecular formula is C20H23FN2O5. The maximum absolute atomic E-state index is 13.2. The van der Waals surface area contributed by atoms with Crippen molar-refractivity contribution in [1.82, 2.24) is 4.90 Å². The Hall–Kier alpha value is -3.29. The average molecular weight is 390 g/mol. The Morgan fingerprint density at radius 3 is 2.21 bits per heavy atom. The van der Waals surface area contributed by atoms with Gasteiger partial charge in [0.1, 0.15) is 5.82 Å². The fraction of sp³-hybridized carbons (Fsp3) is 0.300. The number of nitrogens with zero attached hydrogens (tertiary/aromatic N) is 1. The molecule has 0 fully saturated rings. The van der Waals surface area contributed by atoms with Gasteiger partial charge in [0.2, 0.25) is 17.6 Å². The number of carbonyl (C=O) groups is 2. The number of hydrogen-bond donors (Lipinski definition) is 1. The van der Waals surface area contributed by atoms with Crippen LogP contribution in [0, 0.1) is 5.82 Å². The predicted octanol–water partition coefficient (Wildman–Crippen LogP) is 2.49. The van der Waals surface area contributed by atoms with Gasteiger partial charge in [0.05, 0.1) is 34.3 Å². The second-order valence-corrected chi connectivity index (χ2v) is 6.02. The standard InChI is InChI=1S/C20H23FN2O5/c1-23(12-18(24)22-15-7-5-6-14(21)11-15)19(25)10-13-8-16(26-2)20(28-4)17(9-13)27-3/h5-9,11H,10,12H2,1-4H3,(H,22,24). The minimum Gasteiger partial charge on any atom is -0.493 e. The fourth-order valence-electron chi connectivity index (χ4n) is 2.62. The van der Waals surface area contributed by atoms with Crippen LogP contribution in [0.5, 0.6) is 17.2 Å². The minimum atomic E-state index is -0.454. The molecule has 0 saturated heterocycles. The summed E-state index contributed by atoms with van der Waals surface area (Å²) < 4.78 is 29.0. The largest absolute Gasteiger partial charge is 0.493 e. The molecule has 0 unspecified atom stereocenters. The van der Waals surface area contributed by atoms with Crippen molar-refractivity contribution in [3.05, 3.63) is 47.8 Å². The highest BCUT2D eigenvalue weighted by Crippen LogP contribution is 2.38. The van der Waals surface area contributed by atoms with Gasteiger partial charge in [0.15, 0.2) is 11.5 Å². The number of amides is 2. The lowest BCUT2D eigenvalue weighted by Gasteiger charge is -2.18. The van der Waals surface area contributed by atoms with E-state index in [0.717, 1.165) is 0 Å². The smallest absolute Gasteiger partial charge is 0.243 e. The zero-order chi connectivity index (χ0) is 20.7. The molecule has 0 heterocycles. The van der Waals surface area contributed by atoms with Gasteiger partial charge in [-0.3, -0.25) is 9.59 Å². The van der Waals surface area contributed by atoms with E-state index >= 15 is 0 Å². The zero-order valence-electron chi connectivity index (χ0n) is 16.2. The number of benzene rings is 2. The van der Waals surface area contributed by atoms with Gasteiger partial charge in [-0.25, -0.2) is 4.39 Å². The van der Waals surface area contributed by atoms with Crippen LogP contribution in [0.15, 0.2) is 36.4 Å². The number of carbonyl (C=O) groups excluding carboxylic acids is 2. The van der Waals surface area contributed by atoms with Crippen LogP contribution in [0.3, 0.4) is 0 Å². The van der Waals surface area contributed by atoms with Crippen molar-refractivity contribution in [2.45, 2.75) is 6.42 Å². The van der Waals surface area contributed by atoms with Gasteiger partial charge in [-0.2, -0.15) is 0 Å². The summed E-state index contributed by atoms with van der Waals surface area (Å²) in [4.78, 5) is 25.9. The normalized spacial score (nSPS) is 10.2. The number of halogens is 1. The Labute approximate surface area is 163 Å². The number of rotatable bonds is 8. The van der Waals surface area contributed by atoms with Gasteiger partial charge < -0.3 is 24.4 Å². The molecule has 0 bridgehead atoms. The lowest BCUT2D eigenvalue weighted by Crippen LogP contribution is -2.35. The summed E-state index contributed by atoms with van der Waals surface area (Å²) in [6, 6.07) is 8.90. The Balaban J connectivity index is 2.02. The van der Waals surface area contributed by atoms with E-state index in [0.29, 0.717) is 28.5 Å². The van der Waals surface area contributed by atoms with E-state index in [-0.39, 0.29) is 18.9 Å². The van der Waals surface area contributed by atoms with Crippen LogP contribution in [0.2, 0.25) is 0 Å². The highest BCUT2D eigenvalue weighted by atomic mass is 19.1. The van der Waals surface area contributed by atoms with E-state index in [1.54, 1.807) is 18.2 Å². The summed E-state index contributed by atoms with van der Waals surface area (Å²) >= 11 is 0. The van der Waals surface area contributed by atoms with E-state index in [1.807, 2.05) is 0 Å². The predicted molar refractivity (Wildman–Crippen MR) is 102 cm³/mol. The monoisotopic (exact) mass is 390 g/mol. The molecule has 1 N–H and O–H groups in total. The average Bonchev–Trinajstić information content (AvgIpc) is 2.66. The second-order valence-electron chi connectivity index (χ2n) is 6.02. The number of methoxy groups -OCH3 is 3. The van der Waals surface area contributed by atoms with Crippen LogP contribution in [-0.2, 0) is 16.0 Å². The second kappa shape index (κ2) is 9.59. The van der Waals surface area contributed by atoms with Gasteiger partial charge in [0.25, 0.3) is 0 Å². The Morgan fingerprint density at radius 2 is 1.68 bits per heavy atom. The first-order valence-electron chi connectivity index (χ1n) is 8.46. The van der Waals surface area contributed by atoms with Gasteiger partial charge in [-0.15, -0.1) is 0 Å². The number of anilines is 1. The molecule has 2 aromatic carbocycles. The van der Waals surface area contributed by atoms with Gasteiger partial charge in [0, 0.05) is 12.7 Å². The van der Waals surface area contributed by atoms with Gasteiger partial charge in [-0.05, 0) is 35.9 Å². The molecule has 0 aliphatic carbocycles. The van der Waals surface area contributed by atoms with Crippen LogP contribution >= 0.6 is 0 Å². The Bertz CT molecular complexity index is 831. The fourth-order valence-corrected chi connectivity index (χ4v) is 2.62. The molecule has 28 heavy (non-hydrogen) atoms. The Kier molecular flexibility index (Phi) is 7.20. The van der Waals surface area contributed by atoms with Crippen LogP contribution < -0.4 is 19.5 Å². The maximum atomic E-state index is 13.2.